The molecule has 132 valence electrons. The highest BCUT2D eigenvalue weighted by Gasteiger charge is 2.15. The molecule has 3 N–H and O–H groups in total. The SMILES string of the molecule is CNC(=O)Nc1ccc(NC(=O)c2cc(Cl)c(OC)c(OC)c2)cc1. The predicted molar refractivity (Wildman–Crippen MR) is 97.0 cm³/mol. The number of ether oxygens (including phenoxy) is 2. The van der Waals surface area contributed by atoms with Crippen molar-refractivity contribution in [1.82, 2.24) is 5.32 Å². The molecule has 0 fully saturated rings. The number of urea groups is 1. The summed E-state index contributed by atoms with van der Waals surface area (Å²) in [6.07, 6.45) is 0. The Hall–Kier alpha value is -2.93. The minimum atomic E-state index is -0.352. The second-order valence-electron chi connectivity index (χ2n) is 4.93. The molecule has 0 aliphatic heterocycles. The van der Waals surface area contributed by atoms with Gasteiger partial charge in [-0.25, -0.2) is 4.79 Å². The summed E-state index contributed by atoms with van der Waals surface area (Å²) in [6.45, 7) is 0. The zero-order chi connectivity index (χ0) is 18.4. The topological polar surface area (TPSA) is 88.7 Å². The van der Waals surface area contributed by atoms with Crippen LogP contribution in [0, 0.1) is 0 Å². The number of carbonyl (C=O) groups is 2. The quantitative estimate of drug-likeness (QED) is 0.760. The number of carbonyl (C=O) groups excluding carboxylic acids is 2. The molecule has 0 heterocycles. The Kier molecular flexibility index (Phi) is 6.08. The molecule has 0 spiro atoms. The lowest BCUT2D eigenvalue weighted by molar-refractivity contribution is 0.102. The first-order valence-corrected chi connectivity index (χ1v) is 7.68. The summed E-state index contributed by atoms with van der Waals surface area (Å²) in [5.74, 6) is 0.380. The molecule has 2 aromatic carbocycles. The molecule has 0 atom stereocenters. The summed E-state index contributed by atoms with van der Waals surface area (Å²) in [5, 5.41) is 8.10. The number of hydrogen-bond acceptors (Lipinski definition) is 4. The van der Waals surface area contributed by atoms with Gasteiger partial charge in [-0.3, -0.25) is 4.79 Å². The molecule has 0 unspecified atom stereocenters. The van der Waals surface area contributed by atoms with Crippen molar-refractivity contribution >= 4 is 34.9 Å². The van der Waals surface area contributed by atoms with Gasteiger partial charge in [-0.2, -0.15) is 0 Å². The van der Waals surface area contributed by atoms with Crippen molar-refractivity contribution in [3.8, 4) is 11.5 Å². The fourth-order valence-electron chi connectivity index (χ4n) is 2.08. The van der Waals surface area contributed by atoms with Crippen molar-refractivity contribution < 1.29 is 19.1 Å². The van der Waals surface area contributed by atoms with Crippen LogP contribution in [-0.4, -0.2) is 33.2 Å². The van der Waals surface area contributed by atoms with Crippen LogP contribution in [0.3, 0.4) is 0 Å². The molecule has 0 bridgehead atoms. The molecule has 0 saturated carbocycles. The van der Waals surface area contributed by atoms with Crippen molar-refractivity contribution in [3.05, 3.63) is 47.0 Å². The normalized spacial score (nSPS) is 9.92. The number of nitrogens with one attached hydrogen (secondary N) is 3. The van der Waals surface area contributed by atoms with Crippen molar-refractivity contribution in [3.63, 3.8) is 0 Å². The number of hydrogen-bond donors (Lipinski definition) is 3. The molecule has 8 heteroatoms. The summed E-state index contributed by atoms with van der Waals surface area (Å²) in [7, 11) is 4.46. The van der Waals surface area contributed by atoms with Gasteiger partial charge >= 0.3 is 6.03 Å². The van der Waals surface area contributed by atoms with Crippen LogP contribution in [0.4, 0.5) is 16.2 Å². The van der Waals surface area contributed by atoms with Gasteiger partial charge in [0.25, 0.3) is 5.91 Å². The van der Waals surface area contributed by atoms with Gasteiger partial charge in [-0.15, -0.1) is 0 Å². The lowest BCUT2D eigenvalue weighted by Gasteiger charge is -2.12. The third-order valence-corrected chi connectivity index (χ3v) is 3.60. The number of benzene rings is 2. The lowest BCUT2D eigenvalue weighted by Crippen LogP contribution is -2.24. The van der Waals surface area contributed by atoms with Gasteiger partial charge in [0, 0.05) is 24.0 Å². The monoisotopic (exact) mass is 363 g/mol. The number of methoxy groups -OCH3 is 2. The minimum Gasteiger partial charge on any atom is -0.493 e. The third-order valence-electron chi connectivity index (χ3n) is 3.32. The summed E-state index contributed by atoms with van der Waals surface area (Å²) in [6, 6.07) is 9.41. The first-order chi connectivity index (χ1) is 12.0. The van der Waals surface area contributed by atoms with Crippen LogP contribution in [-0.2, 0) is 0 Å². The van der Waals surface area contributed by atoms with Crippen LogP contribution < -0.4 is 25.4 Å². The maximum Gasteiger partial charge on any atom is 0.318 e. The van der Waals surface area contributed by atoms with E-state index in [4.69, 9.17) is 21.1 Å². The Labute approximate surface area is 150 Å². The Bertz CT molecular complexity index is 778. The molecule has 2 aromatic rings. The largest absolute Gasteiger partial charge is 0.493 e. The zero-order valence-electron chi connectivity index (χ0n) is 14.0. The summed E-state index contributed by atoms with van der Waals surface area (Å²) in [4.78, 5) is 23.6. The van der Waals surface area contributed by atoms with E-state index < -0.39 is 0 Å². The van der Waals surface area contributed by atoms with E-state index in [-0.39, 0.29) is 17.0 Å². The Morgan fingerprint density at radius 1 is 0.960 bits per heavy atom. The molecular weight excluding hydrogens is 346 g/mol. The van der Waals surface area contributed by atoms with Crippen LogP contribution in [0.15, 0.2) is 36.4 Å². The second kappa shape index (κ2) is 8.25. The van der Waals surface area contributed by atoms with Gasteiger partial charge in [-0.05, 0) is 36.4 Å². The highest BCUT2D eigenvalue weighted by atomic mass is 35.5. The first-order valence-electron chi connectivity index (χ1n) is 7.30. The number of rotatable bonds is 5. The van der Waals surface area contributed by atoms with Gasteiger partial charge in [0.05, 0.1) is 19.2 Å². The van der Waals surface area contributed by atoms with Crippen molar-refractivity contribution in [2.75, 3.05) is 31.9 Å². The fourth-order valence-corrected chi connectivity index (χ4v) is 2.37. The van der Waals surface area contributed by atoms with Crippen molar-refractivity contribution in [2.24, 2.45) is 0 Å². The number of amides is 3. The highest BCUT2D eigenvalue weighted by molar-refractivity contribution is 6.32. The number of halogens is 1. The maximum atomic E-state index is 12.4. The minimum absolute atomic E-state index is 0.275. The van der Waals surface area contributed by atoms with E-state index >= 15 is 0 Å². The van der Waals surface area contributed by atoms with E-state index in [1.54, 1.807) is 30.3 Å². The molecule has 2 rings (SSSR count). The average molecular weight is 364 g/mol. The van der Waals surface area contributed by atoms with Crippen molar-refractivity contribution in [2.45, 2.75) is 0 Å². The number of anilines is 2. The predicted octanol–water partition coefficient (Wildman–Crippen LogP) is 3.36. The Morgan fingerprint density at radius 3 is 2.08 bits per heavy atom. The van der Waals surface area contributed by atoms with E-state index in [9.17, 15) is 9.59 Å². The standard InChI is InChI=1S/C17H18ClN3O4/c1-19-17(23)21-12-6-4-11(5-7-12)20-16(22)10-8-13(18)15(25-3)14(9-10)24-2/h4-9H,1-3H3,(H,20,22)(H2,19,21,23). The zero-order valence-corrected chi connectivity index (χ0v) is 14.7. The Morgan fingerprint density at radius 2 is 1.56 bits per heavy atom. The molecule has 25 heavy (non-hydrogen) atoms. The van der Waals surface area contributed by atoms with E-state index in [0.717, 1.165) is 0 Å². The van der Waals surface area contributed by atoms with Crippen LogP contribution in [0.2, 0.25) is 5.02 Å². The Balaban J connectivity index is 2.14. The highest BCUT2D eigenvalue weighted by Crippen LogP contribution is 2.36. The molecule has 0 aliphatic carbocycles. The fraction of sp³-hybridized carbons (Fsp3) is 0.176. The lowest BCUT2D eigenvalue weighted by atomic mass is 10.1. The summed E-state index contributed by atoms with van der Waals surface area (Å²) < 4.78 is 10.3. The first kappa shape index (κ1) is 18.4. The van der Waals surface area contributed by atoms with E-state index in [1.165, 1.54) is 27.3 Å². The summed E-state index contributed by atoms with van der Waals surface area (Å²) in [5.41, 5.74) is 1.50. The van der Waals surface area contributed by atoms with Gasteiger partial charge in [0.15, 0.2) is 11.5 Å². The average Bonchev–Trinajstić information content (AvgIpc) is 2.62. The summed E-state index contributed by atoms with van der Waals surface area (Å²) >= 11 is 6.11. The van der Waals surface area contributed by atoms with Gasteiger partial charge < -0.3 is 25.4 Å². The van der Waals surface area contributed by atoms with Crippen LogP contribution >= 0.6 is 11.6 Å². The molecule has 0 saturated heterocycles. The van der Waals surface area contributed by atoms with Crippen LogP contribution in [0.1, 0.15) is 10.4 Å². The van der Waals surface area contributed by atoms with Gasteiger partial charge in [0.2, 0.25) is 0 Å². The molecule has 0 aromatic heterocycles. The second-order valence-corrected chi connectivity index (χ2v) is 5.34. The maximum absolute atomic E-state index is 12.4. The van der Waals surface area contributed by atoms with E-state index in [1.807, 2.05) is 0 Å². The van der Waals surface area contributed by atoms with E-state index in [0.29, 0.717) is 28.4 Å². The van der Waals surface area contributed by atoms with Gasteiger partial charge in [-0.1, -0.05) is 11.6 Å². The van der Waals surface area contributed by atoms with E-state index in [2.05, 4.69) is 16.0 Å². The molecule has 7 nitrogen and oxygen atoms in total. The molecule has 0 aliphatic rings. The molecule has 0 radical (unpaired) electrons. The third kappa shape index (κ3) is 4.54. The molecule has 3 amide bonds. The van der Waals surface area contributed by atoms with Crippen LogP contribution in [0.25, 0.3) is 0 Å². The van der Waals surface area contributed by atoms with Gasteiger partial charge in [0.1, 0.15) is 0 Å². The molecular formula is C17H18ClN3O4. The smallest absolute Gasteiger partial charge is 0.318 e. The van der Waals surface area contributed by atoms with Crippen molar-refractivity contribution in [1.29, 1.82) is 0 Å². The van der Waals surface area contributed by atoms with Crippen LogP contribution in [0.5, 0.6) is 11.5 Å².